The molecule has 0 bridgehead atoms. The minimum Gasteiger partial charge on any atom is -0.467 e. The molecule has 0 amide bonds. The Kier molecular flexibility index (Phi) is 5.35. The number of thioether (sulfide) groups is 1. The van der Waals surface area contributed by atoms with Gasteiger partial charge in [0.15, 0.2) is 11.0 Å². The Balaban J connectivity index is 1.46. The Bertz CT molecular complexity index is 1370. The van der Waals surface area contributed by atoms with Crippen LogP contribution in [-0.4, -0.2) is 34.3 Å². The minimum atomic E-state index is -0.176. The molecule has 5 heterocycles. The summed E-state index contributed by atoms with van der Waals surface area (Å²) < 4.78 is 8.87. The zero-order valence-corrected chi connectivity index (χ0v) is 18.1. The molecule has 0 spiro atoms. The summed E-state index contributed by atoms with van der Waals surface area (Å²) >= 11 is 2.90. The Morgan fingerprint density at radius 1 is 1.23 bits per heavy atom. The van der Waals surface area contributed by atoms with Crippen LogP contribution in [-0.2, 0) is 18.7 Å². The highest BCUT2D eigenvalue weighted by Gasteiger charge is 2.17. The highest BCUT2D eigenvalue weighted by Crippen LogP contribution is 2.27. The molecule has 5 aromatic rings. The van der Waals surface area contributed by atoms with E-state index in [4.69, 9.17) is 4.42 Å². The predicted molar refractivity (Wildman–Crippen MR) is 117 cm³/mol. The van der Waals surface area contributed by atoms with E-state index in [-0.39, 0.29) is 5.56 Å². The number of fused-ring (bicyclic) bond motifs is 1. The molecule has 0 atom stereocenters. The van der Waals surface area contributed by atoms with Gasteiger partial charge in [-0.3, -0.25) is 14.3 Å². The van der Waals surface area contributed by atoms with Crippen molar-refractivity contribution in [3.05, 3.63) is 75.8 Å². The quantitative estimate of drug-likeness (QED) is 0.347. The number of pyridine rings is 1. The van der Waals surface area contributed by atoms with Crippen molar-refractivity contribution in [2.75, 3.05) is 0 Å². The van der Waals surface area contributed by atoms with E-state index in [2.05, 4.69) is 25.3 Å². The number of aryl methyl sites for hydroxylation is 1. The number of nitrogens with zero attached hydrogens (tertiary/aromatic N) is 7. The lowest BCUT2D eigenvalue weighted by Crippen LogP contribution is -2.15. The van der Waals surface area contributed by atoms with E-state index in [1.54, 1.807) is 18.7 Å². The molecule has 31 heavy (non-hydrogen) atoms. The van der Waals surface area contributed by atoms with E-state index in [1.165, 1.54) is 33.7 Å². The number of hydrogen-bond donors (Lipinski definition) is 0. The monoisotopic (exact) mass is 451 g/mol. The predicted octanol–water partition coefficient (Wildman–Crippen LogP) is 3.30. The number of aromatic nitrogens is 7. The van der Waals surface area contributed by atoms with Crippen LogP contribution in [0, 0.1) is 0 Å². The van der Waals surface area contributed by atoms with Crippen LogP contribution in [0.3, 0.4) is 0 Å². The van der Waals surface area contributed by atoms with Crippen molar-refractivity contribution in [1.29, 1.82) is 0 Å². The van der Waals surface area contributed by atoms with Crippen molar-refractivity contribution < 1.29 is 4.42 Å². The minimum absolute atomic E-state index is 0.176. The first-order valence-corrected chi connectivity index (χ1v) is 11.4. The largest absolute Gasteiger partial charge is 0.467 e. The summed E-state index contributed by atoms with van der Waals surface area (Å²) in [4.78, 5) is 21.8. The number of furan rings is 1. The number of rotatable bonds is 7. The van der Waals surface area contributed by atoms with Crippen LogP contribution in [0.2, 0.25) is 0 Å². The Morgan fingerprint density at radius 2 is 2.16 bits per heavy atom. The zero-order valence-electron chi connectivity index (χ0n) is 16.5. The van der Waals surface area contributed by atoms with E-state index in [0.717, 1.165) is 22.8 Å². The van der Waals surface area contributed by atoms with Crippen LogP contribution < -0.4 is 5.56 Å². The van der Waals surface area contributed by atoms with Gasteiger partial charge in [0.1, 0.15) is 10.8 Å². The van der Waals surface area contributed by atoms with Gasteiger partial charge in [0.25, 0.3) is 5.56 Å². The highest BCUT2D eigenvalue weighted by molar-refractivity contribution is 7.98. The van der Waals surface area contributed by atoms with E-state index < -0.39 is 0 Å². The van der Waals surface area contributed by atoms with Crippen LogP contribution >= 0.6 is 23.1 Å². The normalized spacial score (nSPS) is 11.4. The van der Waals surface area contributed by atoms with Crippen molar-refractivity contribution in [3.8, 4) is 11.4 Å². The van der Waals surface area contributed by atoms with Gasteiger partial charge in [0.2, 0.25) is 4.96 Å². The maximum Gasteiger partial charge on any atom is 0.275 e. The molecule has 0 aliphatic heterocycles. The molecule has 0 saturated carbocycles. The van der Waals surface area contributed by atoms with Crippen LogP contribution in [0.1, 0.15) is 23.4 Å². The van der Waals surface area contributed by atoms with E-state index in [1.807, 2.05) is 35.8 Å². The Labute approximate surface area is 184 Å². The smallest absolute Gasteiger partial charge is 0.275 e. The summed E-state index contributed by atoms with van der Waals surface area (Å²) in [7, 11) is 0. The second-order valence-electron chi connectivity index (χ2n) is 6.63. The first-order valence-electron chi connectivity index (χ1n) is 9.58. The molecule has 5 aromatic heterocycles. The standard InChI is InChI=1S/C20H17N7O2S2/c1-2-16-25-27-17(28)9-14(22-19(27)31-16)12-30-20-24-23-18(13-5-3-7-21-10-13)26(20)11-15-6-4-8-29-15/h3-10H,2,11-12H2,1H3. The Morgan fingerprint density at radius 3 is 2.94 bits per heavy atom. The molecule has 0 N–H and O–H groups in total. The molecule has 11 heteroatoms. The van der Waals surface area contributed by atoms with Gasteiger partial charge in [-0.05, 0) is 30.7 Å². The van der Waals surface area contributed by atoms with Gasteiger partial charge in [-0.25, -0.2) is 4.98 Å². The fraction of sp³-hybridized carbons (Fsp3) is 0.200. The lowest BCUT2D eigenvalue weighted by atomic mass is 10.2. The van der Waals surface area contributed by atoms with Gasteiger partial charge < -0.3 is 4.42 Å². The van der Waals surface area contributed by atoms with Crippen LogP contribution in [0.25, 0.3) is 16.3 Å². The Hall–Kier alpha value is -3.31. The molecule has 156 valence electrons. The summed E-state index contributed by atoms with van der Waals surface area (Å²) in [5.74, 6) is 1.97. The van der Waals surface area contributed by atoms with Gasteiger partial charge in [0, 0.05) is 29.8 Å². The zero-order chi connectivity index (χ0) is 21.2. The summed E-state index contributed by atoms with van der Waals surface area (Å²) in [5, 5.41) is 14.6. The van der Waals surface area contributed by atoms with Crippen molar-refractivity contribution in [2.24, 2.45) is 0 Å². The topological polar surface area (TPSA) is 104 Å². The third-order valence-electron chi connectivity index (χ3n) is 4.52. The van der Waals surface area contributed by atoms with Gasteiger partial charge in [0.05, 0.1) is 18.5 Å². The highest BCUT2D eigenvalue weighted by atomic mass is 32.2. The van der Waals surface area contributed by atoms with Crippen LogP contribution in [0.4, 0.5) is 0 Å². The summed E-state index contributed by atoms with van der Waals surface area (Å²) in [6, 6.07) is 9.08. The second kappa shape index (κ2) is 8.44. The molecule has 0 unspecified atom stereocenters. The van der Waals surface area contributed by atoms with Gasteiger partial charge in [-0.15, -0.1) is 10.2 Å². The fourth-order valence-electron chi connectivity index (χ4n) is 3.06. The summed E-state index contributed by atoms with van der Waals surface area (Å²) in [5.41, 5.74) is 1.37. The lowest BCUT2D eigenvalue weighted by Gasteiger charge is -2.08. The number of hydrogen-bond acceptors (Lipinski definition) is 9. The SMILES string of the molecule is CCc1nn2c(=O)cc(CSc3nnc(-c4cccnc4)n3Cc3ccco3)nc2s1. The molecule has 0 aliphatic carbocycles. The molecule has 9 nitrogen and oxygen atoms in total. The first-order chi connectivity index (χ1) is 15.2. The van der Waals surface area contributed by atoms with E-state index in [9.17, 15) is 4.79 Å². The van der Waals surface area contributed by atoms with Crippen molar-refractivity contribution in [2.45, 2.75) is 30.8 Å². The molecule has 5 rings (SSSR count). The average Bonchev–Trinajstić information content (AvgIpc) is 3.53. The molecule has 0 saturated heterocycles. The second-order valence-corrected chi connectivity index (χ2v) is 8.61. The maximum absolute atomic E-state index is 12.4. The third kappa shape index (κ3) is 4.01. The van der Waals surface area contributed by atoms with Gasteiger partial charge >= 0.3 is 0 Å². The molecular formula is C20H17N7O2S2. The molecule has 0 radical (unpaired) electrons. The van der Waals surface area contributed by atoms with Crippen molar-refractivity contribution >= 4 is 28.1 Å². The summed E-state index contributed by atoms with van der Waals surface area (Å²) in [6.07, 6.45) is 5.88. The van der Waals surface area contributed by atoms with Crippen LogP contribution in [0.5, 0.6) is 0 Å². The third-order valence-corrected chi connectivity index (χ3v) is 6.58. The van der Waals surface area contributed by atoms with Crippen LogP contribution in [0.15, 0.2) is 63.4 Å². The molecule has 0 fully saturated rings. The first kappa shape index (κ1) is 19.6. The van der Waals surface area contributed by atoms with Crippen molar-refractivity contribution in [1.82, 2.24) is 34.3 Å². The van der Waals surface area contributed by atoms with E-state index >= 15 is 0 Å². The van der Waals surface area contributed by atoms with Gasteiger partial charge in [-0.1, -0.05) is 30.0 Å². The van der Waals surface area contributed by atoms with Gasteiger partial charge in [-0.2, -0.15) is 9.61 Å². The average molecular weight is 452 g/mol. The fourth-order valence-corrected chi connectivity index (χ4v) is 4.74. The van der Waals surface area contributed by atoms with E-state index in [0.29, 0.717) is 33.9 Å². The molecule has 0 aliphatic rings. The van der Waals surface area contributed by atoms with Crippen molar-refractivity contribution in [3.63, 3.8) is 0 Å². The molecule has 0 aromatic carbocycles. The maximum atomic E-state index is 12.4. The molecular weight excluding hydrogens is 434 g/mol. The lowest BCUT2D eigenvalue weighted by molar-refractivity contribution is 0.485. The summed E-state index contributed by atoms with van der Waals surface area (Å²) in [6.45, 7) is 2.49.